The monoisotopic (exact) mass is 310 g/mol. The van der Waals surface area contributed by atoms with E-state index in [1.165, 1.54) is 0 Å². The van der Waals surface area contributed by atoms with Crippen LogP contribution in [0.3, 0.4) is 0 Å². The Balaban J connectivity index is 2.18. The van der Waals surface area contributed by atoms with Crippen LogP contribution >= 0.6 is 23.1 Å². The summed E-state index contributed by atoms with van der Waals surface area (Å²) in [5, 5.41) is 9.99. The summed E-state index contributed by atoms with van der Waals surface area (Å²) in [7, 11) is 0. The first-order valence-electron chi connectivity index (χ1n) is 6.99. The van der Waals surface area contributed by atoms with Gasteiger partial charge in [0.05, 0.1) is 5.39 Å². The number of thiophene rings is 1. The Labute approximate surface area is 128 Å². The number of nitrogens with zero attached hydrogens (tertiary/aromatic N) is 2. The van der Waals surface area contributed by atoms with Crippen molar-refractivity contribution in [3.05, 3.63) is 11.4 Å². The fraction of sp³-hybridized carbons (Fsp3) is 0.571. The molecule has 110 valence electrons. The van der Waals surface area contributed by atoms with Gasteiger partial charge in [-0.25, -0.2) is 4.98 Å². The minimum absolute atomic E-state index is 0.416. The molecule has 20 heavy (non-hydrogen) atoms. The molecule has 0 saturated heterocycles. The molecule has 0 fully saturated rings. The van der Waals surface area contributed by atoms with Gasteiger partial charge in [0.15, 0.2) is 0 Å². The van der Waals surface area contributed by atoms with Crippen LogP contribution in [0.4, 0.5) is 11.8 Å². The second kappa shape index (κ2) is 7.69. The third kappa shape index (κ3) is 3.99. The van der Waals surface area contributed by atoms with E-state index in [9.17, 15) is 0 Å². The van der Waals surface area contributed by atoms with Gasteiger partial charge in [-0.1, -0.05) is 6.92 Å². The quantitative estimate of drug-likeness (QED) is 0.770. The molecule has 2 heterocycles. The lowest BCUT2D eigenvalue weighted by Crippen LogP contribution is -2.17. The first kappa shape index (κ1) is 15.4. The maximum absolute atomic E-state index is 4.63. The number of rotatable bonds is 8. The zero-order valence-electron chi connectivity index (χ0n) is 12.3. The normalized spacial score (nSPS) is 12.6. The highest BCUT2D eigenvalue weighted by molar-refractivity contribution is 7.98. The molecule has 0 aliphatic carbocycles. The van der Waals surface area contributed by atoms with Crippen LogP contribution in [0.2, 0.25) is 0 Å². The predicted octanol–water partition coefficient (Wildman–Crippen LogP) is 4.07. The molecule has 0 amide bonds. The molecule has 4 nitrogen and oxygen atoms in total. The van der Waals surface area contributed by atoms with Gasteiger partial charge in [-0.15, -0.1) is 11.3 Å². The number of thioether (sulfide) groups is 1. The van der Waals surface area contributed by atoms with Crippen molar-refractivity contribution in [2.75, 3.05) is 29.2 Å². The molecule has 2 N–H and O–H groups in total. The molecular formula is C14H22N4S2. The summed E-state index contributed by atoms with van der Waals surface area (Å²) in [6.07, 6.45) is 4.34. The molecule has 0 aliphatic rings. The Kier molecular flexibility index (Phi) is 5.91. The molecule has 0 radical (unpaired) electrons. The summed E-state index contributed by atoms with van der Waals surface area (Å²) in [5.74, 6) is 2.83. The Bertz CT molecular complexity index is 541. The molecular weight excluding hydrogens is 288 g/mol. The van der Waals surface area contributed by atoms with Gasteiger partial charge >= 0.3 is 0 Å². The first-order valence-corrected chi connectivity index (χ1v) is 9.26. The topological polar surface area (TPSA) is 49.8 Å². The van der Waals surface area contributed by atoms with Crippen LogP contribution < -0.4 is 10.6 Å². The van der Waals surface area contributed by atoms with Crippen molar-refractivity contribution in [1.29, 1.82) is 0 Å². The lowest BCUT2D eigenvalue weighted by Gasteiger charge is -2.15. The van der Waals surface area contributed by atoms with Crippen LogP contribution in [-0.4, -0.2) is 34.6 Å². The average Bonchev–Trinajstić information content (AvgIpc) is 2.91. The third-order valence-electron chi connectivity index (χ3n) is 3.00. The van der Waals surface area contributed by atoms with Crippen LogP contribution in [0, 0.1) is 0 Å². The van der Waals surface area contributed by atoms with Crippen LogP contribution in [0.5, 0.6) is 0 Å². The third-order valence-corrected chi connectivity index (χ3v) is 4.45. The number of hydrogen-bond acceptors (Lipinski definition) is 6. The lowest BCUT2D eigenvalue weighted by molar-refractivity contribution is 0.768. The highest BCUT2D eigenvalue weighted by Gasteiger charge is 2.11. The van der Waals surface area contributed by atoms with Gasteiger partial charge in [-0.05, 0) is 43.2 Å². The molecule has 2 aromatic heterocycles. The van der Waals surface area contributed by atoms with Crippen molar-refractivity contribution in [2.45, 2.75) is 32.7 Å². The van der Waals surface area contributed by atoms with Crippen LogP contribution in [0.15, 0.2) is 11.4 Å². The van der Waals surface area contributed by atoms with Crippen LogP contribution in [0.25, 0.3) is 10.2 Å². The van der Waals surface area contributed by atoms with E-state index in [0.29, 0.717) is 6.04 Å². The van der Waals surface area contributed by atoms with E-state index >= 15 is 0 Å². The second-order valence-electron chi connectivity index (χ2n) is 4.79. The number of anilines is 2. The molecule has 0 saturated carbocycles. The lowest BCUT2D eigenvalue weighted by atomic mass is 10.2. The smallest absolute Gasteiger partial charge is 0.226 e. The summed E-state index contributed by atoms with van der Waals surface area (Å²) in [6.45, 7) is 5.24. The molecule has 2 rings (SSSR count). The standard InChI is InChI=1S/C14H22N4S2/c1-4-7-15-14-17-12(16-10(2)5-8-19-3)11-6-9-20-13(11)18-14/h6,9-10H,4-5,7-8H2,1-3H3,(H2,15,16,17,18). The van der Waals surface area contributed by atoms with E-state index in [1.807, 2.05) is 11.8 Å². The number of aromatic nitrogens is 2. The van der Waals surface area contributed by atoms with E-state index in [2.05, 4.69) is 52.2 Å². The van der Waals surface area contributed by atoms with Gasteiger partial charge in [0.1, 0.15) is 10.6 Å². The molecule has 1 unspecified atom stereocenters. The van der Waals surface area contributed by atoms with Gasteiger partial charge in [0.2, 0.25) is 5.95 Å². The molecule has 0 aliphatic heterocycles. The van der Waals surface area contributed by atoms with Crippen LogP contribution in [0.1, 0.15) is 26.7 Å². The summed E-state index contributed by atoms with van der Waals surface area (Å²) in [5.41, 5.74) is 0. The van der Waals surface area contributed by atoms with Crippen molar-refractivity contribution < 1.29 is 0 Å². The summed E-state index contributed by atoms with van der Waals surface area (Å²) >= 11 is 3.54. The van der Waals surface area contributed by atoms with Crippen molar-refractivity contribution in [3.8, 4) is 0 Å². The SMILES string of the molecule is CCCNc1nc(NC(C)CCSC)c2ccsc2n1. The number of hydrogen-bond donors (Lipinski definition) is 2. The zero-order chi connectivity index (χ0) is 14.4. The van der Waals surface area contributed by atoms with E-state index in [1.54, 1.807) is 11.3 Å². The molecule has 2 aromatic rings. The van der Waals surface area contributed by atoms with Gasteiger partial charge < -0.3 is 10.6 Å². The van der Waals surface area contributed by atoms with Crippen molar-refractivity contribution in [1.82, 2.24) is 9.97 Å². The maximum Gasteiger partial charge on any atom is 0.226 e. The van der Waals surface area contributed by atoms with E-state index in [0.717, 1.165) is 47.1 Å². The van der Waals surface area contributed by atoms with E-state index in [4.69, 9.17) is 0 Å². The highest BCUT2D eigenvalue weighted by Crippen LogP contribution is 2.27. The summed E-state index contributed by atoms with van der Waals surface area (Å²) < 4.78 is 0. The Hall–Kier alpha value is -1.01. The Morgan fingerprint density at radius 3 is 3.00 bits per heavy atom. The second-order valence-corrected chi connectivity index (χ2v) is 6.67. The van der Waals surface area contributed by atoms with Crippen LogP contribution in [-0.2, 0) is 0 Å². The van der Waals surface area contributed by atoms with Crippen molar-refractivity contribution in [3.63, 3.8) is 0 Å². The molecule has 0 bridgehead atoms. The largest absolute Gasteiger partial charge is 0.367 e. The predicted molar refractivity (Wildman–Crippen MR) is 92.3 cm³/mol. The van der Waals surface area contributed by atoms with Gasteiger partial charge in [0.25, 0.3) is 0 Å². The highest BCUT2D eigenvalue weighted by atomic mass is 32.2. The fourth-order valence-electron chi connectivity index (χ4n) is 1.88. The molecule has 1 atom stereocenters. The molecule has 0 aromatic carbocycles. The average molecular weight is 310 g/mol. The minimum atomic E-state index is 0.416. The molecule has 0 spiro atoms. The zero-order valence-corrected chi connectivity index (χ0v) is 13.9. The van der Waals surface area contributed by atoms with Gasteiger partial charge in [-0.3, -0.25) is 0 Å². The van der Waals surface area contributed by atoms with Gasteiger partial charge in [0, 0.05) is 12.6 Å². The Morgan fingerprint density at radius 1 is 1.40 bits per heavy atom. The maximum atomic E-state index is 4.63. The summed E-state index contributed by atoms with van der Waals surface area (Å²) in [6, 6.07) is 2.51. The Morgan fingerprint density at radius 2 is 2.25 bits per heavy atom. The van der Waals surface area contributed by atoms with E-state index < -0.39 is 0 Å². The van der Waals surface area contributed by atoms with Gasteiger partial charge in [-0.2, -0.15) is 16.7 Å². The molecule has 6 heteroatoms. The minimum Gasteiger partial charge on any atom is -0.367 e. The first-order chi connectivity index (χ1) is 9.74. The number of fused-ring (bicyclic) bond motifs is 1. The summed E-state index contributed by atoms with van der Waals surface area (Å²) in [4.78, 5) is 10.2. The van der Waals surface area contributed by atoms with E-state index in [-0.39, 0.29) is 0 Å². The van der Waals surface area contributed by atoms with Crippen molar-refractivity contribution >= 4 is 45.1 Å². The number of nitrogens with one attached hydrogen (secondary N) is 2. The fourth-order valence-corrected chi connectivity index (χ4v) is 3.23. The van der Waals surface area contributed by atoms with Crippen molar-refractivity contribution in [2.24, 2.45) is 0 Å².